The molecule has 2 aromatic rings. The van der Waals surface area contributed by atoms with E-state index in [-0.39, 0.29) is 13.1 Å². The molecule has 0 aliphatic carbocycles. The van der Waals surface area contributed by atoms with Gasteiger partial charge in [0.2, 0.25) is 0 Å². The standard InChI is InChI=1S/C15H18F2N4O/c1-9(2)6-21-14-10(5-19-21)3-11(4-18-14)15(22)20-7-12(16)13(17)8-20/h3-5,9,12-13H,6-8H2,1-2H3/t12-,13+. The Morgan fingerprint density at radius 1 is 1.32 bits per heavy atom. The van der Waals surface area contributed by atoms with E-state index in [0.29, 0.717) is 17.1 Å². The Hall–Kier alpha value is -2.05. The molecule has 1 aliphatic heterocycles. The lowest BCUT2D eigenvalue weighted by molar-refractivity contribution is 0.0778. The number of hydrogen-bond acceptors (Lipinski definition) is 3. The van der Waals surface area contributed by atoms with Crippen molar-refractivity contribution in [1.29, 1.82) is 0 Å². The minimum atomic E-state index is -1.60. The van der Waals surface area contributed by atoms with Gasteiger partial charge in [0.05, 0.1) is 24.8 Å². The zero-order valence-corrected chi connectivity index (χ0v) is 12.5. The fourth-order valence-corrected chi connectivity index (χ4v) is 2.64. The molecule has 2 atom stereocenters. The molecule has 0 N–H and O–H groups in total. The van der Waals surface area contributed by atoms with E-state index in [1.54, 1.807) is 16.9 Å². The first kappa shape index (κ1) is 14.9. The summed E-state index contributed by atoms with van der Waals surface area (Å²) in [7, 11) is 0. The first-order valence-corrected chi connectivity index (χ1v) is 7.34. The van der Waals surface area contributed by atoms with Crippen LogP contribution in [0.25, 0.3) is 11.0 Å². The molecule has 1 saturated heterocycles. The fraction of sp³-hybridized carbons (Fsp3) is 0.533. The Balaban J connectivity index is 1.85. The average Bonchev–Trinajstić information content (AvgIpc) is 3.02. The third-order valence-corrected chi connectivity index (χ3v) is 3.73. The molecule has 0 radical (unpaired) electrons. The summed E-state index contributed by atoms with van der Waals surface area (Å²) >= 11 is 0. The van der Waals surface area contributed by atoms with E-state index < -0.39 is 18.3 Å². The summed E-state index contributed by atoms with van der Waals surface area (Å²) in [5.74, 6) is 0.0348. The second kappa shape index (κ2) is 5.62. The molecule has 0 unspecified atom stereocenters. The van der Waals surface area contributed by atoms with Crippen molar-refractivity contribution in [2.75, 3.05) is 13.1 Å². The second-order valence-electron chi connectivity index (χ2n) is 6.10. The molecule has 0 saturated carbocycles. The number of fused-ring (bicyclic) bond motifs is 1. The Morgan fingerprint density at radius 2 is 2.00 bits per heavy atom. The number of carbonyl (C=O) groups excluding carboxylic acids is 1. The van der Waals surface area contributed by atoms with E-state index in [0.717, 1.165) is 11.9 Å². The number of likely N-dealkylation sites (tertiary alicyclic amines) is 1. The highest BCUT2D eigenvalue weighted by Crippen LogP contribution is 2.20. The Bertz CT molecular complexity index is 690. The van der Waals surface area contributed by atoms with Crippen molar-refractivity contribution in [1.82, 2.24) is 19.7 Å². The van der Waals surface area contributed by atoms with E-state index in [1.807, 2.05) is 0 Å². The van der Waals surface area contributed by atoms with Gasteiger partial charge >= 0.3 is 0 Å². The van der Waals surface area contributed by atoms with Crippen LogP contribution in [0.5, 0.6) is 0 Å². The normalized spacial score (nSPS) is 22.0. The average molecular weight is 308 g/mol. The zero-order valence-electron chi connectivity index (χ0n) is 12.5. The highest BCUT2D eigenvalue weighted by molar-refractivity contribution is 5.97. The van der Waals surface area contributed by atoms with Gasteiger partial charge in [-0.25, -0.2) is 18.4 Å². The number of halogens is 2. The second-order valence-corrected chi connectivity index (χ2v) is 6.10. The van der Waals surface area contributed by atoms with Crippen LogP contribution in [0.1, 0.15) is 24.2 Å². The summed E-state index contributed by atoms with van der Waals surface area (Å²) in [5, 5.41) is 5.02. The Kier molecular flexibility index (Phi) is 3.80. The first-order valence-electron chi connectivity index (χ1n) is 7.34. The van der Waals surface area contributed by atoms with Crippen molar-refractivity contribution in [2.24, 2.45) is 5.92 Å². The molecule has 0 spiro atoms. The molecule has 0 bridgehead atoms. The van der Waals surface area contributed by atoms with Crippen molar-refractivity contribution in [3.05, 3.63) is 24.0 Å². The Morgan fingerprint density at radius 3 is 2.64 bits per heavy atom. The molecule has 0 aromatic carbocycles. The third kappa shape index (κ3) is 2.67. The smallest absolute Gasteiger partial charge is 0.255 e. The zero-order chi connectivity index (χ0) is 15.9. The molecular weight excluding hydrogens is 290 g/mol. The van der Waals surface area contributed by atoms with Gasteiger partial charge in [0.25, 0.3) is 5.91 Å². The fourth-order valence-electron chi connectivity index (χ4n) is 2.64. The largest absolute Gasteiger partial charge is 0.333 e. The third-order valence-electron chi connectivity index (χ3n) is 3.73. The summed E-state index contributed by atoms with van der Waals surface area (Å²) in [4.78, 5) is 17.8. The SMILES string of the molecule is CC(C)Cn1ncc2cc(C(=O)N3C[C@@H](F)[C@@H](F)C3)cnc21. The van der Waals surface area contributed by atoms with Crippen LogP contribution in [0, 0.1) is 5.92 Å². The molecule has 1 amide bonds. The van der Waals surface area contributed by atoms with Gasteiger partial charge in [-0.05, 0) is 12.0 Å². The van der Waals surface area contributed by atoms with Crippen LogP contribution in [0.4, 0.5) is 8.78 Å². The highest BCUT2D eigenvalue weighted by Gasteiger charge is 2.35. The van der Waals surface area contributed by atoms with Gasteiger partial charge < -0.3 is 4.90 Å². The molecule has 2 aromatic heterocycles. The predicted octanol–water partition coefficient (Wildman–Crippen LogP) is 2.22. The van der Waals surface area contributed by atoms with Gasteiger partial charge in [-0.15, -0.1) is 0 Å². The predicted molar refractivity (Wildman–Crippen MR) is 78.1 cm³/mol. The van der Waals surface area contributed by atoms with Crippen LogP contribution in [-0.2, 0) is 6.54 Å². The van der Waals surface area contributed by atoms with Gasteiger partial charge in [0.15, 0.2) is 18.0 Å². The summed E-state index contributed by atoms with van der Waals surface area (Å²) < 4.78 is 28.2. The quantitative estimate of drug-likeness (QED) is 0.873. The van der Waals surface area contributed by atoms with Gasteiger partial charge in [-0.1, -0.05) is 13.8 Å². The number of pyridine rings is 1. The van der Waals surface area contributed by atoms with Gasteiger partial charge in [0, 0.05) is 18.1 Å². The van der Waals surface area contributed by atoms with E-state index in [9.17, 15) is 13.6 Å². The molecular formula is C15H18F2N4O. The molecule has 3 rings (SSSR count). The highest BCUT2D eigenvalue weighted by atomic mass is 19.2. The number of alkyl halides is 2. The van der Waals surface area contributed by atoms with E-state index in [4.69, 9.17) is 0 Å². The van der Waals surface area contributed by atoms with Crippen molar-refractivity contribution in [3.8, 4) is 0 Å². The number of amides is 1. The minimum absolute atomic E-state index is 0.204. The van der Waals surface area contributed by atoms with Crippen LogP contribution in [0.2, 0.25) is 0 Å². The van der Waals surface area contributed by atoms with Crippen molar-refractivity contribution in [3.63, 3.8) is 0 Å². The first-order chi connectivity index (χ1) is 10.5. The van der Waals surface area contributed by atoms with Gasteiger partial charge in [-0.3, -0.25) is 4.79 Å². The minimum Gasteiger partial charge on any atom is -0.333 e. The summed E-state index contributed by atoms with van der Waals surface area (Å²) in [6.07, 6.45) is -0.104. The van der Waals surface area contributed by atoms with Crippen LogP contribution in [0.15, 0.2) is 18.5 Å². The number of carbonyl (C=O) groups is 1. The number of hydrogen-bond donors (Lipinski definition) is 0. The van der Waals surface area contributed by atoms with Crippen LogP contribution >= 0.6 is 0 Å². The van der Waals surface area contributed by atoms with Gasteiger partial charge in [-0.2, -0.15) is 5.10 Å². The maximum Gasteiger partial charge on any atom is 0.255 e. The summed E-state index contributed by atoms with van der Waals surface area (Å²) in [6, 6.07) is 1.67. The monoisotopic (exact) mass is 308 g/mol. The number of aromatic nitrogens is 3. The molecule has 7 heteroatoms. The van der Waals surface area contributed by atoms with Crippen molar-refractivity contribution >= 4 is 16.9 Å². The maximum atomic E-state index is 13.2. The summed E-state index contributed by atoms with van der Waals surface area (Å²) in [6.45, 7) is 4.50. The van der Waals surface area contributed by atoms with Crippen LogP contribution in [-0.4, -0.2) is 51.0 Å². The lowest BCUT2D eigenvalue weighted by Crippen LogP contribution is -2.29. The molecule has 118 valence electrons. The Labute approximate surface area is 126 Å². The lowest BCUT2D eigenvalue weighted by atomic mass is 10.2. The molecule has 5 nitrogen and oxygen atoms in total. The van der Waals surface area contributed by atoms with E-state index in [2.05, 4.69) is 23.9 Å². The van der Waals surface area contributed by atoms with Gasteiger partial charge in [0.1, 0.15) is 0 Å². The molecule has 22 heavy (non-hydrogen) atoms. The van der Waals surface area contributed by atoms with Crippen LogP contribution in [0.3, 0.4) is 0 Å². The summed E-state index contributed by atoms with van der Waals surface area (Å²) in [5.41, 5.74) is 1.04. The topological polar surface area (TPSA) is 51.0 Å². The maximum absolute atomic E-state index is 13.2. The number of nitrogens with zero attached hydrogens (tertiary/aromatic N) is 4. The molecule has 3 heterocycles. The van der Waals surface area contributed by atoms with E-state index >= 15 is 0 Å². The van der Waals surface area contributed by atoms with E-state index in [1.165, 1.54) is 11.1 Å². The number of rotatable bonds is 3. The van der Waals surface area contributed by atoms with Crippen molar-refractivity contribution in [2.45, 2.75) is 32.7 Å². The van der Waals surface area contributed by atoms with Crippen LogP contribution < -0.4 is 0 Å². The lowest BCUT2D eigenvalue weighted by Gasteiger charge is -2.14. The van der Waals surface area contributed by atoms with Crippen molar-refractivity contribution < 1.29 is 13.6 Å². The molecule has 1 fully saturated rings. The molecule has 1 aliphatic rings.